The maximum atomic E-state index is 3.50. The zero-order valence-corrected chi connectivity index (χ0v) is 6.21. The second kappa shape index (κ2) is 2.62. The standard InChI is InChI=1S/C8H14N2/c1-2-6-10-7-3-5-9-8(10)4-1/h2,6,8-9H,1,3-5,7H2/t8-/m1/s1. The van der Waals surface area contributed by atoms with Crippen LogP contribution < -0.4 is 5.32 Å². The molecule has 0 aliphatic carbocycles. The van der Waals surface area contributed by atoms with Crippen LogP contribution in [0.4, 0.5) is 0 Å². The van der Waals surface area contributed by atoms with Crippen molar-refractivity contribution in [3.05, 3.63) is 12.3 Å². The average Bonchev–Trinajstić information content (AvgIpc) is 2.05. The molecule has 0 spiro atoms. The van der Waals surface area contributed by atoms with Gasteiger partial charge in [0.15, 0.2) is 0 Å². The van der Waals surface area contributed by atoms with Crippen LogP contribution in [0.3, 0.4) is 0 Å². The minimum Gasteiger partial charge on any atom is -0.362 e. The molecule has 1 fully saturated rings. The second-order valence-corrected chi connectivity index (χ2v) is 3.02. The van der Waals surface area contributed by atoms with Gasteiger partial charge in [0.05, 0.1) is 6.17 Å². The molecular formula is C8H14N2. The van der Waals surface area contributed by atoms with Gasteiger partial charge in [0.25, 0.3) is 0 Å². The molecule has 0 bridgehead atoms. The van der Waals surface area contributed by atoms with Crippen LogP contribution in [0.25, 0.3) is 0 Å². The van der Waals surface area contributed by atoms with Crippen LogP contribution >= 0.6 is 0 Å². The molecule has 0 aromatic heterocycles. The molecular weight excluding hydrogens is 124 g/mol. The number of nitrogens with one attached hydrogen (secondary N) is 1. The summed E-state index contributed by atoms with van der Waals surface area (Å²) < 4.78 is 0. The Morgan fingerprint density at radius 2 is 2.50 bits per heavy atom. The molecule has 2 nitrogen and oxygen atoms in total. The Hall–Kier alpha value is -0.500. The van der Waals surface area contributed by atoms with E-state index in [2.05, 4.69) is 22.5 Å². The van der Waals surface area contributed by atoms with Gasteiger partial charge in [-0.15, -0.1) is 0 Å². The molecule has 2 aliphatic heterocycles. The first-order valence-electron chi connectivity index (χ1n) is 4.12. The molecule has 2 aliphatic rings. The van der Waals surface area contributed by atoms with Gasteiger partial charge in [-0.3, -0.25) is 5.32 Å². The highest BCUT2D eigenvalue weighted by molar-refractivity contribution is 4.93. The van der Waals surface area contributed by atoms with Gasteiger partial charge >= 0.3 is 0 Å². The van der Waals surface area contributed by atoms with Gasteiger partial charge in [0.2, 0.25) is 0 Å². The van der Waals surface area contributed by atoms with Crippen LogP contribution in [-0.4, -0.2) is 24.2 Å². The molecule has 56 valence electrons. The normalized spacial score (nSPS) is 32.0. The van der Waals surface area contributed by atoms with Crippen molar-refractivity contribution in [2.45, 2.75) is 25.4 Å². The van der Waals surface area contributed by atoms with Crippen LogP contribution in [0.15, 0.2) is 12.3 Å². The predicted octanol–water partition coefficient (Wildman–Crippen LogP) is 0.915. The monoisotopic (exact) mass is 138 g/mol. The minimum atomic E-state index is 0.652. The number of allylic oxidation sites excluding steroid dienone is 1. The van der Waals surface area contributed by atoms with Crippen molar-refractivity contribution in [1.29, 1.82) is 0 Å². The van der Waals surface area contributed by atoms with Gasteiger partial charge in [-0.2, -0.15) is 0 Å². The summed E-state index contributed by atoms with van der Waals surface area (Å²) in [4.78, 5) is 2.41. The topological polar surface area (TPSA) is 15.3 Å². The Bertz CT molecular complexity index is 142. The van der Waals surface area contributed by atoms with E-state index in [4.69, 9.17) is 0 Å². The van der Waals surface area contributed by atoms with Crippen LogP contribution in [0.1, 0.15) is 19.3 Å². The summed E-state index contributed by atoms with van der Waals surface area (Å²) in [5, 5.41) is 3.50. The maximum Gasteiger partial charge on any atom is 0.0793 e. The van der Waals surface area contributed by atoms with Crippen LogP contribution in [-0.2, 0) is 0 Å². The van der Waals surface area contributed by atoms with Gasteiger partial charge in [0, 0.05) is 6.54 Å². The first kappa shape index (κ1) is 6.23. The van der Waals surface area contributed by atoms with E-state index in [1.54, 1.807) is 0 Å². The van der Waals surface area contributed by atoms with E-state index in [-0.39, 0.29) is 0 Å². The molecule has 0 amide bonds. The van der Waals surface area contributed by atoms with Gasteiger partial charge in [0.1, 0.15) is 0 Å². The Kier molecular flexibility index (Phi) is 1.63. The molecule has 10 heavy (non-hydrogen) atoms. The highest BCUT2D eigenvalue weighted by atomic mass is 15.3. The second-order valence-electron chi connectivity index (χ2n) is 3.02. The fraction of sp³-hybridized carbons (Fsp3) is 0.750. The molecule has 1 saturated heterocycles. The van der Waals surface area contributed by atoms with E-state index in [1.165, 1.54) is 32.4 Å². The summed E-state index contributed by atoms with van der Waals surface area (Å²) in [5.41, 5.74) is 0. The number of nitrogens with zero attached hydrogens (tertiary/aromatic N) is 1. The van der Waals surface area contributed by atoms with Crippen molar-refractivity contribution in [1.82, 2.24) is 10.2 Å². The lowest BCUT2D eigenvalue weighted by atomic mass is 10.1. The molecule has 2 heteroatoms. The summed E-state index contributed by atoms with van der Waals surface area (Å²) in [5.74, 6) is 0. The van der Waals surface area contributed by atoms with E-state index in [9.17, 15) is 0 Å². The van der Waals surface area contributed by atoms with E-state index >= 15 is 0 Å². The third kappa shape index (κ3) is 1.03. The highest BCUT2D eigenvalue weighted by Crippen LogP contribution is 2.15. The van der Waals surface area contributed by atoms with Crippen LogP contribution in [0, 0.1) is 0 Å². The Labute approximate surface area is 61.9 Å². The van der Waals surface area contributed by atoms with Crippen molar-refractivity contribution in [3.63, 3.8) is 0 Å². The van der Waals surface area contributed by atoms with Gasteiger partial charge in [-0.05, 0) is 32.0 Å². The molecule has 0 aromatic rings. The highest BCUT2D eigenvalue weighted by Gasteiger charge is 2.19. The molecule has 1 atom stereocenters. The zero-order chi connectivity index (χ0) is 6.81. The molecule has 2 rings (SSSR count). The smallest absolute Gasteiger partial charge is 0.0793 e. The fourth-order valence-corrected chi connectivity index (χ4v) is 1.71. The molecule has 0 radical (unpaired) electrons. The Morgan fingerprint density at radius 3 is 3.40 bits per heavy atom. The van der Waals surface area contributed by atoms with E-state index in [1.807, 2.05) is 0 Å². The quantitative estimate of drug-likeness (QED) is 0.535. The summed E-state index contributed by atoms with van der Waals surface area (Å²) in [6.45, 7) is 2.45. The van der Waals surface area contributed by atoms with E-state index in [0.29, 0.717) is 6.17 Å². The lowest BCUT2D eigenvalue weighted by molar-refractivity contribution is 0.172. The Morgan fingerprint density at radius 1 is 1.50 bits per heavy atom. The van der Waals surface area contributed by atoms with Crippen molar-refractivity contribution in [2.24, 2.45) is 0 Å². The summed E-state index contributed by atoms with van der Waals surface area (Å²) in [6, 6.07) is 0. The Balaban J connectivity index is 2.03. The number of rotatable bonds is 0. The zero-order valence-electron chi connectivity index (χ0n) is 6.21. The third-order valence-electron chi connectivity index (χ3n) is 2.28. The maximum absolute atomic E-state index is 3.50. The van der Waals surface area contributed by atoms with Crippen molar-refractivity contribution in [3.8, 4) is 0 Å². The fourth-order valence-electron chi connectivity index (χ4n) is 1.71. The van der Waals surface area contributed by atoms with Gasteiger partial charge in [-0.25, -0.2) is 0 Å². The van der Waals surface area contributed by atoms with Crippen LogP contribution in [0.2, 0.25) is 0 Å². The first-order valence-corrected chi connectivity index (χ1v) is 4.12. The molecule has 1 N–H and O–H groups in total. The molecule has 0 saturated carbocycles. The van der Waals surface area contributed by atoms with Gasteiger partial charge < -0.3 is 4.90 Å². The summed E-state index contributed by atoms with van der Waals surface area (Å²) in [7, 11) is 0. The number of hydrogen-bond acceptors (Lipinski definition) is 2. The third-order valence-corrected chi connectivity index (χ3v) is 2.28. The molecule has 0 unspecified atom stereocenters. The SMILES string of the molecule is C1=CN2CCCN[C@H]2CC1. The lowest BCUT2D eigenvalue weighted by Crippen LogP contribution is -2.49. The van der Waals surface area contributed by atoms with E-state index in [0.717, 1.165) is 0 Å². The predicted molar refractivity (Wildman–Crippen MR) is 41.5 cm³/mol. The minimum absolute atomic E-state index is 0.652. The van der Waals surface area contributed by atoms with E-state index < -0.39 is 0 Å². The van der Waals surface area contributed by atoms with Crippen molar-refractivity contribution in [2.75, 3.05) is 13.1 Å². The average molecular weight is 138 g/mol. The number of fused-ring (bicyclic) bond motifs is 1. The largest absolute Gasteiger partial charge is 0.362 e. The lowest BCUT2D eigenvalue weighted by Gasteiger charge is -2.37. The summed E-state index contributed by atoms with van der Waals surface area (Å²) >= 11 is 0. The van der Waals surface area contributed by atoms with Gasteiger partial charge in [-0.1, -0.05) is 6.08 Å². The first-order chi connectivity index (χ1) is 4.97. The van der Waals surface area contributed by atoms with Crippen molar-refractivity contribution >= 4 is 0 Å². The van der Waals surface area contributed by atoms with Crippen LogP contribution in [0.5, 0.6) is 0 Å². The number of hydrogen-bond donors (Lipinski definition) is 1. The summed E-state index contributed by atoms with van der Waals surface area (Å²) in [6.07, 6.45) is 8.98. The molecule has 2 heterocycles. The molecule has 0 aromatic carbocycles. The van der Waals surface area contributed by atoms with Crippen molar-refractivity contribution < 1.29 is 0 Å².